The molecule has 0 amide bonds. The molecule has 1 saturated heterocycles. The molecule has 0 spiro atoms. The first kappa shape index (κ1) is 35.3. The van der Waals surface area contributed by atoms with Crippen LogP contribution in [0.1, 0.15) is 12.5 Å². The molecular weight excluding hydrogens is 534 g/mol. The topological polar surface area (TPSA) is 219 Å². The van der Waals surface area contributed by atoms with E-state index in [1.54, 1.807) is 30.3 Å². The molecule has 5 atom stereocenters. The normalized spacial score (nSPS) is 25.4. The molecule has 1 aliphatic rings. The number of aliphatic imine (C=N–C) groups is 1. The van der Waals surface area contributed by atoms with Gasteiger partial charge in [-0.25, -0.2) is 12.6 Å². The number of rotatable bonds is 12. The molecule has 0 bridgehead atoms. The van der Waals surface area contributed by atoms with Gasteiger partial charge in [-0.05, 0) is 18.4 Å². The van der Waals surface area contributed by atoms with Crippen LogP contribution in [0.2, 0.25) is 0 Å². The van der Waals surface area contributed by atoms with Gasteiger partial charge in [-0.2, -0.15) is 8.42 Å². The Labute approximate surface area is 248 Å². The zero-order valence-corrected chi connectivity index (χ0v) is 25.0. The number of hydrogen-bond donors (Lipinski definition) is 2. The van der Waals surface area contributed by atoms with Gasteiger partial charge in [-0.3, -0.25) is 13.7 Å². The van der Waals surface area contributed by atoms with Gasteiger partial charge in [0.25, 0.3) is 0 Å². The average Bonchev–Trinajstić information content (AvgIpc) is 2.70. The molecule has 1 aliphatic heterocycles. The molecule has 0 aliphatic carbocycles. The van der Waals surface area contributed by atoms with E-state index in [1.165, 1.54) is 0 Å². The quantitative estimate of drug-likeness (QED) is 0.0801. The first-order valence-corrected chi connectivity index (χ1v) is 12.2. The fraction of sp³-hybridized carbons (Fsp3) is 0.588. The van der Waals surface area contributed by atoms with Crippen molar-refractivity contribution in [1.29, 1.82) is 0 Å². The van der Waals surface area contributed by atoms with Gasteiger partial charge in [0.05, 0.1) is 19.8 Å². The van der Waals surface area contributed by atoms with Gasteiger partial charge in [0.15, 0.2) is 6.29 Å². The summed E-state index contributed by atoms with van der Waals surface area (Å²) in [4.78, 5) is 3.75. The van der Waals surface area contributed by atoms with Gasteiger partial charge in [0.1, 0.15) is 24.4 Å². The molecule has 0 unspecified atom stereocenters. The van der Waals surface area contributed by atoms with Gasteiger partial charge < -0.3 is 29.6 Å². The number of ether oxygens (including phenoxy) is 3. The van der Waals surface area contributed by atoms with Crippen LogP contribution in [0.5, 0.6) is 0 Å². The third-order valence-electron chi connectivity index (χ3n) is 4.24. The van der Waals surface area contributed by atoms with Crippen LogP contribution >= 0.6 is 0 Å². The Morgan fingerprint density at radius 3 is 2.29 bits per heavy atom. The fourth-order valence-corrected chi connectivity index (χ4v) is 3.87. The second-order valence-electron chi connectivity index (χ2n) is 6.78. The maximum absolute atomic E-state index is 11.7. The van der Waals surface area contributed by atoms with Crippen LogP contribution in [0.25, 0.3) is 0 Å². The smallest absolute Gasteiger partial charge is 0.862 e. The summed E-state index contributed by atoms with van der Waals surface area (Å²) in [5, 5.41) is 11.7. The molecule has 1 aromatic rings. The van der Waals surface area contributed by atoms with Gasteiger partial charge in [-0.1, -0.05) is 30.3 Å². The molecule has 1 fully saturated rings. The van der Waals surface area contributed by atoms with Gasteiger partial charge in [-0.15, -0.1) is 0 Å². The van der Waals surface area contributed by atoms with E-state index in [-0.39, 0.29) is 78.9 Å². The minimum Gasteiger partial charge on any atom is -0.862 e. The largest absolute Gasteiger partial charge is 1.00 e. The minimum absolute atomic E-state index is 0. The SMILES string of the molecule is CC([O-])=N[C@H]1[C@@H](OCCN)O[C@H](COS(=O)(=O)[O-])[C@@H](OCc2ccccc2)[C@@H]1OS(=O)(=O)O.[Na+].[Na+]. The summed E-state index contributed by atoms with van der Waals surface area (Å²) < 4.78 is 91.1. The maximum Gasteiger partial charge on any atom is 1.00 e. The van der Waals surface area contributed by atoms with Crippen molar-refractivity contribution >= 4 is 26.7 Å². The van der Waals surface area contributed by atoms with Gasteiger partial charge in [0, 0.05) is 6.54 Å². The number of hydrogen-bond acceptors (Lipinski definition) is 13. The molecule has 2 rings (SSSR count). The summed E-state index contributed by atoms with van der Waals surface area (Å²) >= 11 is 0. The van der Waals surface area contributed by atoms with Crippen LogP contribution in [0.4, 0.5) is 0 Å². The number of benzene rings is 1. The van der Waals surface area contributed by atoms with E-state index in [9.17, 15) is 31.0 Å². The summed E-state index contributed by atoms with van der Waals surface area (Å²) in [7, 11) is -10.3. The predicted octanol–water partition coefficient (Wildman–Crippen LogP) is -7.91. The molecule has 35 heavy (non-hydrogen) atoms. The zero-order valence-electron chi connectivity index (χ0n) is 19.4. The molecule has 14 nitrogen and oxygen atoms in total. The van der Waals surface area contributed by atoms with Crippen molar-refractivity contribution in [3.8, 4) is 0 Å². The van der Waals surface area contributed by atoms with E-state index < -0.39 is 63.9 Å². The third kappa shape index (κ3) is 13.1. The Morgan fingerprint density at radius 2 is 1.77 bits per heavy atom. The molecule has 1 heterocycles. The standard InChI is InChI=1S/C17H26N2O12S2.2Na/c1-11(20)19-14-16(31-33(24,25)26)15(28-9-12-5-3-2-4-6-12)13(10-29-32(21,22)23)30-17(14)27-8-7-18;;/h2-6,13-17H,7-10,18H2,1H3,(H,19,20)(H,21,22,23)(H,24,25,26);;/q;2*+1/p-2/t13-,14-,15-,16-,17+;;/m1../s1. The second-order valence-corrected chi connectivity index (χ2v) is 8.88. The van der Waals surface area contributed by atoms with Crippen LogP contribution in [0.15, 0.2) is 35.3 Å². The van der Waals surface area contributed by atoms with E-state index >= 15 is 0 Å². The fourth-order valence-electron chi connectivity index (χ4n) is 3.06. The summed E-state index contributed by atoms with van der Waals surface area (Å²) in [5.41, 5.74) is 6.03. The number of nitrogens with two attached hydrogens (primary N) is 1. The Hall–Kier alpha value is 0.270. The second kappa shape index (κ2) is 16.3. The van der Waals surface area contributed by atoms with Crippen molar-refractivity contribution < 1.29 is 113 Å². The van der Waals surface area contributed by atoms with E-state index in [4.69, 9.17) is 24.1 Å². The molecule has 0 radical (unpaired) electrons. The predicted molar refractivity (Wildman–Crippen MR) is 108 cm³/mol. The van der Waals surface area contributed by atoms with Crippen LogP contribution in [-0.2, 0) is 50.0 Å². The van der Waals surface area contributed by atoms with Gasteiger partial charge in [0.2, 0.25) is 10.4 Å². The molecule has 3 N–H and O–H groups in total. The Bertz CT molecular complexity index is 994. The van der Waals surface area contributed by atoms with Crippen LogP contribution in [-0.4, -0.2) is 82.2 Å². The maximum atomic E-state index is 11.7. The Kier molecular flexibility index (Phi) is 16.4. The first-order chi connectivity index (χ1) is 15.4. The molecule has 18 heteroatoms. The molecule has 188 valence electrons. The zero-order chi connectivity index (χ0) is 24.6. The van der Waals surface area contributed by atoms with Gasteiger partial charge >= 0.3 is 69.5 Å². The van der Waals surface area contributed by atoms with Crippen molar-refractivity contribution in [2.24, 2.45) is 10.7 Å². The Morgan fingerprint density at radius 1 is 1.14 bits per heavy atom. The van der Waals surface area contributed by atoms with E-state index in [2.05, 4.69) is 9.18 Å². The van der Waals surface area contributed by atoms with E-state index in [1.807, 2.05) is 0 Å². The average molecular weight is 558 g/mol. The first-order valence-electron chi connectivity index (χ1n) is 9.49. The van der Waals surface area contributed by atoms with Crippen molar-refractivity contribution in [3.63, 3.8) is 0 Å². The van der Waals surface area contributed by atoms with Crippen molar-refractivity contribution in [3.05, 3.63) is 35.9 Å². The Balaban J connectivity index is 0.00000578. The monoisotopic (exact) mass is 558 g/mol. The van der Waals surface area contributed by atoms with Crippen LogP contribution in [0.3, 0.4) is 0 Å². The molecule has 0 saturated carbocycles. The number of nitrogens with zero attached hydrogens (tertiary/aromatic N) is 1. The van der Waals surface area contributed by atoms with E-state index in [0.717, 1.165) is 6.92 Å². The molecule has 1 aromatic carbocycles. The van der Waals surface area contributed by atoms with Crippen LogP contribution in [0, 0.1) is 0 Å². The third-order valence-corrected chi connectivity index (χ3v) is 5.13. The van der Waals surface area contributed by atoms with Crippen molar-refractivity contribution in [2.45, 2.75) is 44.2 Å². The summed E-state index contributed by atoms with van der Waals surface area (Å²) in [6.07, 6.45) is -6.15. The minimum atomic E-state index is -5.17. The summed E-state index contributed by atoms with van der Waals surface area (Å²) in [6.45, 7) is -0.117. The van der Waals surface area contributed by atoms with Crippen molar-refractivity contribution in [1.82, 2.24) is 0 Å². The molecular formula is C17H24N2Na2O12S2. The van der Waals surface area contributed by atoms with Crippen molar-refractivity contribution in [2.75, 3.05) is 19.8 Å². The summed E-state index contributed by atoms with van der Waals surface area (Å²) in [6, 6.07) is 7.04. The van der Waals surface area contributed by atoms with E-state index in [0.29, 0.717) is 5.56 Å². The van der Waals surface area contributed by atoms with Crippen LogP contribution < -0.4 is 70.0 Å². The molecule has 0 aromatic heterocycles. The summed E-state index contributed by atoms with van der Waals surface area (Å²) in [5.74, 6) is -0.757.